The molecule has 0 spiro atoms. The molecule has 1 aliphatic carbocycles. The van der Waals surface area contributed by atoms with Gasteiger partial charge in [-0.15, -0.1) is 0 Å². The fourth-order valence-corrected chi connectivity index (χ4v) is 6.66. The van der Waals surface area contributed by atoms with Crippen LogP contribution in [0.1, 0.15) is 67.1 Å². The third-order valence-electron chi connectivity index (χ3n) is 9.37. The molecular weight excluding hydrogens is 580 g/mol. The van der Waals surface area contributed by atoms with Crippen LogP contribution in [-0.4, -0.2) is 75.3 Å². The first-order valence-corrected chi connectivity index (χ1v) is 16.6. The highest BCUT2D eigenvalue weighted by Gasteiger charge is 2.33. The van der Waals surface area contributed by atoms with Crippen LogP contribution in [0.5, 0.6) is 0 Å². The summed E-state index contributed by atoms with van der Waals surface area (Å²) in [7, 11) is 1.73. The molecular formula is C36H46N6O4. The topological polar surface area (TPSA) is 117 Å². The van der Waals surface area contributed by atoms with Gasteiger partial charge in [0.05, 0.1) is 0 Å². The number of carbonyl (C=O) groups excluding carboxylic acids is 4. The summed E-state index contributed by atoms with van der Waals surface area (Å²) in [5, 5.41) is 10.1. The second kappa shape index (κ2) is 15.8. The van der Waals surface area contributed by atoms with Gasteiger partial charge in [0, 0.05) is 76.8 Å². The number of piperazine rings is 1. The lowest BCUT2D eigenvalue weighted by molar-refractivity contribution is -0.138. The maximum absolute atomic E-state index is 13.6. The Labute approximate surface area is 271 Å². The van der Waals surface area contributed by atoms with E-state index in [0.717, 1.165) is 50.9 Å². The smallest absolute Gasteiger partial charge is 0.245 e. The fraction of sp³-hybridized carbons (Fsp3) is 0.472. The predicted molar refractivity (Wildman–Crippen MR) is 177 cm³/mol. The van der Waals surface area contributed by atoms with E-state index in [4.69, 9.17) is 0 Å². The minimum absolute atomic E-state index is 0.0731. The second-order valence-electron chi connectivity index (χ2n) is 12.6. The number of hydrogen-bond acceptors (Lipinski definition) is 6. The minimum atomic E-state index is -0.668. The maximum Gasteiger partial charge on any atom is 0.245 e. The van der Waals surface area contributed by atoms with Crippen LogP contribution in [0.2, 0.25) is 0 Å². The maximum atomic E-state index is 13.6. The molecule has 0 bridgehead atoms. The molecule has 1 aromatic heterocycles. The lowest BCUT2D eigenvalue weighted by Crippen LogP contribution is -2.55. The Kier molecular flexibility index (Phi) is 11.4. The van der Waals surface area contributed by atoms with Crippen molar-refractivity contribution in [2.24, 2.45) is 18.9 Å². The summed E-state index contributed by atoms with van der Waals surface area (Å²) < 4.78 is 1.55. The first-order chi connectivity index (χ1) is 22.3. The van der Waals surface area contributed by atoms with E-state index in [1.165, 1.54) is 5.56 Å². The average molecular weight is 627 g/mol. The zero-order valence-corrected chi connectivity index (χ0v) is 27.0. The van der Waals surface area contributed by atoms with Crippen molar-refractivity contribution < 1.29 is 19.2 Å². The standard InChI is InChI=1S/C36H46N6O4/c1-3-34(44)39-31(36(46)42-21-19-41(20-22-42)25-27-9-5-4-6-10-27)23-26-13-15-29(16-14-26)38-35(45)30(28-11-7-8-12-28)24-33(43)32-17-18-37-40(32)2/h4-6,9-10,13-18,28,30-31H,3,7-8,11-12,19-25H2,1-2H3,(H,38,45)(H,39,44)/t30-,31?/m0/s1. The number of aryl methyl sites for hydroxylation is 1. The largest absolute Gasteiger partial charge is 0.344 e. The van der Waals surface area contributed by atoms with Gasteiger partial charge >= 0.3 is 0 Å². The van der Waals surface area contributed by atoms with Crippen molar-refractivity contribution >= 4 is 29.2 Å². The summed E-state index contributed by atoms with van der Waals surface area (Å²) in [5.41, 5.74) is 3.28. The molecule has 46 heavy (non-hydrogen) atoms. The number of rotatable bonds is 13. The molecule has 2 atom stereocenters. The molecule has 10 heteroatoms. The SMILES string of the molecule is CCC(=O)NC(Cc1ccc(NC(=O)[C@@H](CC(=O)c2ccnn2C)C2CCCC2)cc1)C(=O)N1CCN(Cc2ccccc2)CC1. The molecule has 3 aromatic rings. The molecule has 1 aliphatic heterocycles. The molecule has 2 aliphatic rings. The van der Waals surface area contributed by atoms with Crippen LogP contribution in [0.3, 0.4) is 0 Å². The first-order valence-electron chi connectivity index (χ1n) is 16.6. The number of hydrogen-bond donors (Lipinski definition) is 2. The molecule has 244 valence electrons. The Morgan fingerprint density at radius 3 is 2.22 bits per heavy atom. The monoisotopic (exact) mass is 626 g/mol. The molecule has 3 amide bonds. The molecule has 2 N–H and O–H groups in total. The molecule has 2 heterocycles. The molecule has 0 radical (unpaired) electrons. The Balaban J connectivity index is 1.19. The third-order valence-corrected chi connectivity index (χ3v) is 9.37. The first kappa shape index (κ1) is 33.1. The van der Waals surface area contributed by atoms with Crippen molar-refractivity contribution in [3.63, 3.8) is 0 Å². The summed E-state index contributed by atoms with van der Waals surface area (Å²) in [6.07, 6.45) is 6.42. The zero-order valence-electron chi connectivity index (χ0n) is 27.0. The number of benzene rings is 2. The van der Waals surface area contributed by atoms with Gasteiger partial charge in [-0.25, -0.2) is 0 Å². The van der Waals surface area contributed by atoms with Gasteiger partial charge in [0.2, 0.25) is 17.7 Å². The van der Waals surface area contributed by atoms with Crippen molar-refractivity contribution in [1.29, 1.82) is 0 Å². The third kappa shape index (κ3) is 8.69. The number of Topliss-reactive ketones (excluding diaryl/α,β-unsaturated/α-hetero) is 1. The molecule has 10 nitrogen and oxygen atoms in total. The van der Waals surface area contributed by atoms with Gasteiger partial charge in [-0.2, -0.15) is 5.10 Å². The highest BCUT2D eigenvalue weighted by molar-refractivity contribution is 6.00. The van der Waals surface area contributed by atoms with Crippen molar-refractivity contribution in [3.05, 3.63) is 83.7 Å². The van der Waals surface area contributed by atoms with Crippen LogP contribution in [0, 0.1) is 11.8 Å². The molecule has 2 aromatic carbocycles. The van der Waals surface area contributed by atoms with Crippen LogP contribution in [0.4, 0.5) is 5.69 Å². The van der Waals surface area contributed by atoms with E-state index in [0.29, 0.717) is 37.3 Å². The quantitative estimate of drug-likeness (QED) is 0.275. The summed E-state index contributed by atoms with van der Waals surface area (Å²) in [5.74, 6) is -0.705. The number of carbonyl (C=O) groups is 4. The lowest BCUT2D eigenvalue weighted by atomic mass is 9.85. The van der Waals surface area contributed by atoms with E-state index in [1.807, 2.05) is 47.4 Å². The van der Waals surface area contributed by atoms with Crippen molar-refractivity contribution in [2.75, 3.05) is 31.5 Å². The zero-order chi connectivity index (χ0) is 32.5. The predicted octanol–water partition coefficient (Wildman–Crippen LogP) is 4.22. The van der Waals surface area contributed by atoms with Gasteiger partial charge in [0.1, 0.15) is 11.7 Å². The van der Waals surface area contributed by atoms with E-state index < -0.39 is 12.0 Å². The van der Waals surface area contributed by atoms with E-state index in [2.05, 4.69) is 32.8 Å². The van der Waals surface area contributed by atoms with Gasteiger partial charge in [-0.05, 0) is 48.1 Å². The fourth-order valence-electron chi connectivity index (χ4n) is 6.66. The van der Waals surface area contributed by atoms with Crippen LogP contribution in [0.15, 0.2) is 66.9 Å². The number of anilines is 1. The Hall–Kier alpha value is -4.31. The summed E-state index contributed by atoms with van der Waals surface area (Å²) >= 11 is 0. The number of ketones is 1. The van der Waals surface area contributed by atoms with Crippen molar-refractivity contribution in [1.82, 2.24) is 24.9 Å². The Bertz CT molecular complexity index is 1470. The summed E-state index contributed by atoms with van der Waals surface area (Å²) in [6.45, 7) is 5.41. The minimum Gasteiger partial charge on any atom is -0.344 e. The van der Waals surface area contributed by atoms with E-state index >= 15 is 0 Å². The van der Waals surface area contributed by atoms with Gasteiger partial charge in [0.25, 0.3) is 0 Å². The van der Waals surface area contributed by atoms with Crippen molar-refractivity contribution in [2.45, 2.75) is 64.5 Å². The number of aromatic nitrogens is 2. The molecule has 1 unspecified atom stereocenters. The number of nitrogens with zero attached hydrogens (tertiary/aromatic N) is 4. The number of amides is 3. The number of nitrogens with one attached hydrogen (secondary N) is 2. The van der Waals surface area contributed by atoms with E-state index in [-0.39, 0.29) is 35.8 Å². The average Bonchev–Trinajstić information content (AvgIpc) is 3.77. The summed E-state index contributed by atoms with van der Waals surface area (Å²) in [6, 6.07) is 18.8. The van der Waals surface area contributed by atoms with Crippen molar-refractivity contribution in [3.8, 4) is 0 Å². The molecule has 2 fully saturated rings. The molecule has 1 saturated heterocycles. The van der Waals surface area contributed by atoms with Gasteiger partial charge in [0.15, 0.2) is 5.78 Å². The van der Waals surface area contributed by atoms with Crippen LogP contribution >= 0.6 is 0 Å². The van der Waals surface area contributed by atoms with Crippen LogP contribution < -0.4 is 10.6 Å². The highest BCUT2D eigenvalue weighted by atomic mass is 16.2. The molecule has 5 rings (SSSR count). The Morgan fingerprint density at radius 1 is 0.891 bits per heavy atom. The van der Waals surface area contributed by atoms with Gasteiger partial charge in [-0.1, -0.05) is 62.2 Å². The molecule has 1 saturated carbocycles. The van der Waals surface area contributed by atoms with E-state index in [9.17, 15) is 19.2 Å². The normalized spacial score (nSPS) is 17.0. The lowest BCUT2D eigenvalue weighted by Gasteiger charge is -2.36. The van der Waals surface area contributed by atoms with Gasteiger partial charge in [-0.3, -0.25) is 28.8 Å². The van der Waals surface area contributed by atoms with E-state index in [1.54, 1.807) is 30.9 Å². The Morgan fingerprint density at radius 2 is 1.59 bits per heavy atom. The summed E-state index contributed by atoms with van der Waals surface area (Å²) in [4.78, 5) is 56.8. The van der Waals surface area contributed by atoms with Crippen LogP contribution in [0.25, 0.3) is 0 Å². The highest BCUT2D eigenvalue weighted by Crippen LogP contribution is 2.34. The second-order valence-corrected chi connectivity index (χ2v) is 12.6. The van der Waals surface area contributed by atoms with Crippen LogP contribution in [-0.2, 0) is 34.4 Å². The van der Waals surface area contributed by atoms with Gasteiger partial charge < -0.3 is 15.5 Å².